The summed E-state index contributed by atoms with van der Waals surface area (Å²) >= 11 is 0. The number of primary amides is 1. The molecule has 0 aromatic heterocycles. The second-order valence-corrected chi connectivity index (χ2v) is 4.62. The molecule has 0 aliphatic rings. The third-order valence-corrected chi connectivity index (χ3v) is 2.92. The summed E-state index contributed by atoms with van der Waals surface area (Å²) in [6.45, 7) is 5.65. The molecule has 1 rings (SSSR count). The molecule has 0 spiro atoms. The van der Waals surface area contributed by atoms with Gasteiger partial charge in [0.05, 0.1) is 0 Å². The Hall–Kier alpha value is -1.84. The second kappa shape index (κ2) is 6.19. The van der Waals surface area contributed by atoms with Crippen LogP contribution in [0.3, 0.4) is 0 Å². The van der Waals surface area contributed by atoms with Crippen molar-refractivity contribution in [2.75, 3.05) is 0 Å². The summed E-state index contributed by atoms with van der Waals surface area (Å²) in [5.41, 5.74) is 8.63. The van der Waals surface area contributed by atoms with Crippen molar-refractivity contribution in [3.63, 3.8) is 0 Å². The van der Waals surface area contributed by atoms with Crippen LogP contribution >= 0.6 is 0 Å². The Balaban J connectivity index is 2.50. The van der Waals surface area contributed by atoms with Gasteiger partial charge in [-0.15, -0.1) is 0 Å². The maximum absolute atomic E-state index is 11.6. The Morgan fingerprint density at radius 1 is 1.33 bits per heavy atom. The van der Waals surface area contributed by atoms with E-state index in [9.17, 15) is 9.59 Å². The predicted molar refractivity (Wildman–Crippen MR) is 71.0 cm³/mol. The minimum atomic E-state index is -0.614. The van der Waals surface area contributed by atoms with Gasteiger partial charge >= 0.3 is 0 Å². The number of hydrogen-bond acceptors (Lipinski definition) is 2. The summed E-state index contributed by atoms with van der Waals surface area (Å²) in [6.07, 6.45) is 1.03. The van der Waals surface area contributed by atoms with E-state index >= 15 is 0 Å². The second-order valence-electron chi connectivity index (χ2n) is 4.62. The van der Waals surface area contributed by atoms with Crippen LogP contribution in [0.15, 0.2) is 18.2 Å². The molecule has 0 bridgehead atoms. The lowest BCUT2D eigenvalue weighted by Gasteiger charge is -2.11. The largest absolute Gasteiger partial charge is 0.368 e. The van der Waals surface area contributed by atoms with Gasteiger partial charge in [-0.1, -0.05) is 23.8 Å². The first-order valence-electron chi connectivity index (χ1n) is 6.05. The number of nitrogens with one attached hydrogen (secondary N) is 1. The Bertz CT molecular complexity index is 455. The van der Waals surface area contributed by atoms with Gasteiger partial charge in [0.2, 0.25) is 11.8 Å². The minimum absolute atomic E-state index is 0.152. The van der Waals surface area contributed by atoms with Gasteiger partial charge in [-0.05, 0) is 38.3 Å². The highest BCUT2D eigenvalue weighted by molar-refractivity contribution is 5.86. The fraction of sp³-hybridized carbons (Fsp3) is 0.429. The lowest BCUT2D eigenvalue weighted by molar-refractivity contribution is -0.126. The summed E-state index contributed by atoms with van der Waals surface area (Å²) in [5.74, 6) is -0.670. The average Bonchev–Trinajstić information content (AvgIpc) is 2.27. The molecule has 0 saturated heterocycles. The normalized spacial score (nSPS) is 11.9. The summed E-state index contributed by atoms with van der Waals surface area (Å²) in [5, 5.41) is 2.57. The summed E-state index contributed by atoms with van der Waals surface area (Å²) < 4.78 is 0. The quantitative estimate of drug-likeness (QED) is 0.822. The third-order valence-electron chi connectivity index (χ3n) is 2.92. The van der Waals surface area contributed by atoms with Gasteiger partial charge in [-0.3, -0.25) is 9.59 Å². The van der Waals surface area contributed by atoms with Gasteiger partial charge in [0.15, 0.2) is 0 Å². The van der Waals surface area contributed by atoms with Crippen LogP contribution in [0.25, 0.3) is 0 Å². The highest BCUT2D eigenvalue weighted by Crippen LogP contribution is 2.12. The third kappa shape index (κ3) is 4.20. The summed E-state index contributed by atoms with van der Waals surface area (Å²) in [7, 11) is 0. The number of aryl methyl sites for hydroxylation is 3. The molecule has 1 aromatic rings. The summed E-state index contributed by atoms with van der Waals surface area (Å²) in [4.78, 5) is 22.4. The van der Waals surface area contributed by atoms with Gasteiger partial charge in [-0.2, -0.15) is 0 Å². The highest BCUT2D eigenvalue weighted by Gasteiger charge is 2.12. The standard InChI is InChI=1S/C14H20N2O2/c1-9-4-5-12(10(2)8-9)6-7-13(17)16-11(3)14(15)18/h4-5,8,11H,6-7H2,1-3H3,(H2,15,18)(H,16,17)/t11-/m1/s1. The molecule has 1 aromatic carbocycles. The van der Waals surface area contributed by atoms with Crippen molar-refractivity contribution in [3.8, 4) is 0 Å². The lowest BCUT2D eigenvalue weighted by Crippen LogP contribution is -2.42. The smallest absolute Gasteiger partial charge is 0.239 e. The molecule has 2 amide bonds. The van der Waals surface area contributed by atoms with Gasteiger partial charge in [-0.25, -0.2) is 0 Å². The molecule has 0 heterocycles. The summed E-state index contributed by atoms with van der Waals surface area (Å²) in [6, 6.07) is 5.55. The number of carbonyl (C=O) groups excluding carboxylic acids is 2. The fourth-order valence-corrected chi connectivity index (χ4v) is 1.76. The number of benzene rings is 1. The van der Waals surface area contributed by atoms with E-state index in [1.54, 1.807) is 6.92 Å². The van der Waals surface area contributed by atoms with Crippen molar-refractivity contribution in [2.24, 2.45) is 5.73 Å². The Labute approximate surface area is 108 Å². The SMILES string of the molecule is Cc1ccc(CCC(=O)N[C@H](C)C(N)=O)c(C)c1. The van der Waals surface area contributed by atoms with E-state index in [1.807, 2.05) is 26.0 Å². The molecule has 0 radical (unpaired) electrons. The van der Waals surface area contributed by atoms with Gasteiger partial charge < -0.3 is 11.1 Å². The van der Waals surface area contributed by atoms with Crippen molar-refractivity contribution in [2.45, 2.75) is 39.7 Å². The average molecular weight is 248 g/mol. The van der Waals surface area contributed by atoms with Crippen molar-refractivity contribution < 1.29 is 9.59 Å². The first-order valence-corrected chi connectivity index (χ1v) is 6.05. The number of rotatable bonds is 5. The van der Waals surface area contributed by atoms with E-state index < -0.39 is 11.9 Å². The predicted octanol–water partition coefficient (Wildman–Crippen LogP) is 1.23. The molecule has 0 saturated carbocycles. The first-order chi connectivity index (χ1) is 8.40. The van der Waals surface area contributed by atoms with Crippen LogP contribution in [0.1, 0.15) is 30.0 Å². The fourth-order valence-electron chi connectivity index (χ4n) is 1.76. The zero-order valence-electron chi connectivity index (χ0n) is 11.1. The molecule has 18 heavy (non-hydrogen) atoms. The maximum atomic E-state index is 11.6. The number of carbonyl (C=O) groups is 2. The molecule has 98 valence electrons. The molecule has 0 unspecified atom stereocenters. The lowest BCUT2D eigenvalue weighted by atomic mass is 10.0. The monoisotopic (exact) mass is 248 g/mol. The molecule has 1 atom stereocenters. The zero-order valence-corrected chi connectivity index (χ0v) is 11.1. The van der Waals surface area contributed by atoms with Crippen LogP contribution in [-0.2, 0) is 16.0 Å². The van der Waals surface area contributed by atoms with Gasteiger partial charge in [0, 0.05) is 6.42 Å². The van der Waals surface area contributed by atoms with Crippen LogP contribution in [-0.4, -0.2) is 17.9 Å². The van der Waals surface area contributed by atoms with Crippen LogP contribution in [0, 0.1) is 13.8 Å². The number of amides is 2. The maximum Gasteiger partial charge on any atom is 0.239 e. The molecule has 0 aliphatic carbocycles. The molecular formula is C14H20N2O2. The highest BCUT2D eigenvalue weighted by atomic mass is 16.2. The molecule has 0 aliphatic heterocycles. The van der Waals surface area contributed by atoms with Crippen molar-refractivity contribution >= 4 is 11.8 Å². The Morgan fingerprint density at radius 2 is 2.00 bits per heavy atom. The van der Waals surface area contributed by atoms with Crippen LogP contribution < -0.4 is 11.1 Å². The minimum Gasteiger partial charge on any atom is -0.368 e. The van der Waals surface area contributed by atoms with Crippen LogP contribution in [0.4, 0.5) is 0 Å². The van der Waals surface area contributed by atoms with Crippen molar-refractivity contribution in [3.05, 3.63) is 34.9 Å². The van der Waals surface area contributed by atoms with Gasteiger partial charge in [0.1, 0.15) is 6.04 Å². The molecule has 4 heteroatoms. The van der Waals surface area contributed by atoms with Crippen molar-refractivity contribution in [1.29, 1.82) is 0 Å². The van der Waals surface area contributed by atoms with E-state index in [2.05, 4.69) is 11.4 Å². The molecule has 3 N–H and O–H groups in total. The topological polar surface area (TPSA) is 72.2 Å². The molecular weight excluding hydrogens is 228 g/mol. The number of hydrogen-bond donors (Lipinski definition) is 2. The van der Waals surface area contributed by atoms with Crippen LogP contribution in [0.5, 0.6) is 0 Å². The van der Waals surface area contributed by atoms with E-state index in [1.165, 1.54) is 11.1 Å². The Morgan fingerprint density at radius 3 is 2.56 bits per heavy atom. The van der Waals surface area contributed by atoms with E-state index in [4.69, 9.17) is 5.73 Å². The zero-order chi connectivity index (χ0) is 13.7. The van der Waals surface area contributed by atoms with E-state index in [0.29, 0.717) is 12.8 Å². The van der Waals surface area contributed by atoms with Crippen molar-refractivity contribution in [1.82, 2.24) is 5.32 Å². The molecule has 0 fully saturated rings. The van der Waals surface area contributed by atoms with E-state index in [0.717, 1.165) is 5.56 Å². The first kappa shape index (κ1) is 14.2. The van der Waals surface area contributed by atoms with E-state index in [-0.39, 0.29) is 5.91 Å². The molecule has 4 nitrogen and oxygen atoms in total. The van der Waals surface area contributed by atoms with Crippen LogP contribution in [0.2, 0.25) is 0 Å². The van der Waals surface area contributed by atoms with Gasteiger partial charge in [0.25, 0.3) is 0 Å². The number of nitrogens with two attached hydrogens (primary N) is 1. The Kier molecular flexibility index (Phi) is 4.89.